The molecular weight excluding hydrogens is 167 g/mol. The molecule has 0 aromatic heterocycles. The fourth-order valence-electron chi connectivity index (χ4n) is 0.313. The monoisotopic (exact) mass is 175 g/mol. The van der Waals surface area contributed by atoms with E-state index in [1.54, 1.807) is 0 Å². The highest BCUT2D eigenvalue weighted by atomic mass is 35.5. The van der Waals surface area contributed by atoms with E-state index in [4.69, 9.17) is 0 Å². The molecule has 0 fully saturated rings. The van der Waals surface area contributed by atoms with Gasteiger partial charge >= 0.3 is 6.18 Å². The maximum absolute atomic E-state index is 11.5. The maximum Gasteiger partial charge on any atom is 0.403 e. The first kappa shape index (κ1) is 12.5. The van der Waals surface area contributed by atoms with Crippen molar-refractivity contribution >= 4 is 12.4 Å². The van der Waals surface area contributed by atoms with Gasteiger partial charge in [0, 0.05) is 0 Å². The number of hydrogen-bond donors (Lipinski definition) is 1. The van der Waals surface area contributed by atoms with Gasteiger partial charge in [-0.15, -0.1) is 19.0 Å². The van der Waals surface area contributed by atoms with E-state index in [0.29, 0.717) is 0 Å². The molecule has 0 amide bonds. The lowest BCUT2D eigenvalue weighted by atomic mass is 10.2. The molecule has 0 rings (SSSR count). The van der Waals surface area contributed by atoms with Gasteiger partial charge in [-0.3, -0.25) is 0 Å². The zero-order valence-corrected chi connectivity index (χ0v) is 6.00. The van der Waals surface area contributed by atoms with Gasteiger partial charge in [0.25, 0.3) is 0 Å². The first-order valence-electron chi connectivity index (χ1n) is 2.41. The molecule has 0 heterocycles. The average molecular weight is 176 g/mol. The van der Waals surface area contributed by atoms with Crippen molar-refractivity contribution in [2.75, 3.05) is 0 Å². The molecule has 1 nitrogen and oxygen atoms in total. The molecule has 0 aliphatic rings. The zero-order valence-electron chi connectivity index (χ0n) is 5.19. The van der Waals surface area contributed by atoms with Crippen molar-refractivity contribution in [3.63, 3.8) is 0 Å². The van der Waals surface area contributed by atoms with E-state index >= 15 is 0 Å². The Balaban J connectivity index is 0. The van der Waals surface area contributed by atoms with Gasteiger partial charge < -0.3 is 5.73 Å². The molecule has 0 bridgehead atoms. The summed E-state index contributed by atoms with van der Waals surface area (Å²) in [7, 11) is 0. The van der Waals surface area contributed by atoms with Crippen LogP contribution < -0.4 is 5.73 Å². The van der Waals surface area contributed by atoms with Gasteiger partial charge in [0.1, 0.15) is 6.04 Å². The number of rotatable bonds is 2. The third kappa shape index (κ3) is 4.64. The lowest BCUT2D eigenvalue weighted by Gasteiger charge is -2.12. The van der Waals surface area contributed by atoms with Crippen molar-refractivity contribution < 1.29 is 13.2 Å². The molecule has 62 valence electrons. The summed E-state index contributed by atoms with van der Waals surface area (Å²) in [5.74, 6) is 0. The SMILES string of the molecule is C=CC[C@H](N)C(F)(F)F.Cl. The lowest BCUT2D eigenvalue weighted by Crippen LogP contribution is -2.36. The molecule has 0 aliphatic heterocycles. The van der Waals surface area contributed by atoms with Gasteiger partial charge in [-0.05, 0) is 6.42 Å². The van der Waals surface area contributed by atoms with Crippen molar-refractivity contribution in [2.45, 2.75) is 18.6 Å². The summed E-state index contributed by atoms with van der Waals surface area (Å²) in [4.78, 5) is 0. The number of hydrogen-bond acceptors (Lipinski definition) is 1. The number of alkyl halides is 3. The second-order valence-corrected chi connectivity index (χ2v) is 1.67. The molecule has 5 heteroatoms. The molecule has 10 heavy (non-hydrogen) atoms. The van der Waals surface area contributed by atoms with Crippen LogP contribution in [-0.4, -0.2) is 12.2 Å². The zero-order chi connectivity index (χ0) is 7.49. The van der Waals surface area contributed by atoms with Crippen LogP contribution in [0, 0.1) is 0 Å². The van der Waals surface area contributed by atoms with Crippen LogP contribution in [0.4, 0.5) is 13.2 Å². The van der Waals surface area contributed by atoms with E-state index in [2.05, 4.69) is 12.3 Å². The topological polar surface area (TPSA) is 26.0 Å². The molecule has 1 atom stereocenters. The Kier molecular flexibility index (Phi) is 5.70. The van der Waals surface area contributed by atoms with Gasteiger partial charge in [-0.25, -0.2) is 0 Å². The summed E-state index contributed by atoms with van der Waals surface area (Å²) >= 11 is 0. The van der Waals surface area contributed by atoms with E-state index < -0.39 is 12.2 Å². The van der Waals surface area contributed by atoms with Gasteiger partial charge in [0.15, 0.2) is 0 Å². The van der Waals surface area contributed by atoms with Crippen LogP contribution in [0.1, 0.15) is 6.42 Å². The smallest absolute Gasteiger partial charge is 0.320 e. The third-order valence-corrected chi connectivity index (χ3v) is 0.841. The van der Waals surface area contributed by atoms with Crippen molar-refractivity contribution in [3.05, 3.63) is 12.7 Å². The summed E-state index contributed by atoms with van der Waals surface area (Å²) in [6.45, 7) is 3.13. The molecule has 0 saturated carbocycles. The van der Waals surface area contributed by atoms with E-state index in [-0.39, 0.29) is 18.8 Å². The normalized spacial score (nSPS) is 13.6. The standard InChI is InChI=1S/C5H8F3N.ClH/c1-2-3-4(9)5(6,7)8;/h2,4H,1,3,9H2;1H/t4-;/m0./s1. The lowest BCUT2D eigenvalue weighted by molar-refractivity contribution is -0.146. The van der Waals surface area contributed by atoms with Crippen LogP contribution in [0.5, 0.6) is 0 Å². The highest BCUT2D eigenvalue weighted by molar-refractivity contribution is 5.85. The van der Waals surface area contributed by atoms with Crippen LogP contribution >= 0.6 is 12.4 Å². The highest BCUT2D eigenvalue weighted by Crippen LogP contribution is 2.20. The number of nitrogens with two attached hydrogens (primary N) is 1. The molecule has 0 aromatic rings. The molecule has 0 radical (unpaired) electrons. The summed E-state index contributed by atoms with van der Waals surface area (Å²) in [6.07, 6.45) is -3.35. The molecular formula is C5H9ClF3N. The van der Waals surface area contributed by atoms with E-state index in [9.17, 15) is 13.2 Å². The fourth-order valence-corrected chi connectivity index (χ4v) is 0.313. The van der Waals surface area contributed by atoms with Crippen LogP contribution in [0.2, 0.25) is 0 Å². The predicted molar refractivity (Wildman–Crippen MR) is 36.1 cm³/mol. The largest absolute Gasteiger partial charge is 0.403 e. The van der Waals surface area contributed by atoms with E-state index in [1.165, 1.54) is 0 Å². The molecule has 0 spiro atoms. The van der Waals surface area contributed by atoms with Gasteiger partial charge in [-0.2, -0.15) is 13.2 Å². The maximum atomic E-state index is 11.5. The predicted octanol–water partition coefficient (Wildman–Crippen LogP) is 1.87. The molecule has 2 N–H and O–H groups in total. The van der Waals surface area contributed by atoms with Crippen LogP contribution in [0.15, 0.2) is 12.7 Å². The van der Waals surface area contributed by atoms with Crippen molar-refractivity contribution in [1.29, 1.82) is 0 Å². The molecule has 0 saturated heterocycles. The first-order valence-corrected chi connectivity index (χ1v) is 2.41. The molecule has 0 unspecified atom stereocenters. The Morgan fingerprint density at radius 1 is 1.50 bits per heavy atom. The Morgan fingerprint density at radius 3 is 2.00 bits per heavy atom. The Bertz CT molecular complexity index is 102. The first-order chi connectivity index (χ1) is 3.98. The minimum Gasteiger partial charge on any atom is -0.320 e. The van der Waals surface area contributed by atoms with Gasteiger partial charge in [0.05, 0.1) is 0 Å². The summed E-state index contributed by atoms with van der Waals surface area (Å²) in [5, 5.41) is 0. The minimum atomic E-state index is -4.28. The van der Waals surface area contributed by atoms with E-state index in [0.717, 1.165) is 6.08 Å². The molecule has 0 aliphatic carbocycles. The fraction of sp³-hybridized carbons (Fsp3) is 0.600. The van der Waals surface area contributed by atoms with Crippen LogP contribution in [0.25, 0.3) is 0 Å². The Morgan fingerprint density at radius 2 is 1.90 bits per heavy atom. The summed E-state index contributed by atoms with van der Waals surface area (Å²) in [6, 6.07) is -1.75. The Labute approximate surface area is 63.5 Å². The van der Waals surface area contributed by atoms with Crippen LogP contribution in [-0.2, 0) is 0 Å². The van der Waals surface area contributed by atoms with Gasteiger partial charge in [-0.1, -0.05) is 6.08 Å². The highest BCUT2D eigenvalue weighted by Gasteiger charge is 2.35. The van der Waals surface area contributed by atoms with Crippen molar-refractivity contribution in [2.24, 2.45) is 5.73 Å². The average Bonchev–Trinajstić information content (AvgIpc) is 1.64. The van der Waals surface area contributed by atoms with Crippen molar-refractivity contribution in [3.8, 4) is 0 Å². The number of halogens is 4. The van der Waals surface area contributed by atoms with Gasteiger partial charge in [0.2, 0.25) is 0 Å². The van der Waals surface area contributed by atoms with E-state index in [1.807, 2.05) is 0 Å². The van der Waals surface area contributed by atoms with Crippen LogP contribution in [0.3, 0.4) is 0 Å². The quantitative estimate of drug-likeness (QED) is 0.638. The third-order valence-electron chi connectivity index (χ3n) is 0.841. The van der Waals surface area contributed by atoms with Crippen molar-refractivity contribution in [1.82, 2.24) is 0 Å². The minimum absolute atomic E-state index is 0. The molecule has 0 aromatic carbocycles. The second kappa shape index (κ2) is 4.57. The Hall–Kier alpha value is -0.220. The second-order valence-electron chi connectivity index (χ2n) is 1.67. The summed E-state index contributed by atoms with van der Waals surface area (Å²) < 4.78 is 34.4. The summed E-state index contributed by atoms with van der Waals surface area (Å²) in [5.41, 5.74) is 4.66.